The Kier molecular flexibility index (Phi) is 2.58. The third-order valence-corrected chi connectivity index (χ3v) is 3.04. The molecular weight excluding hydrogens is 242 g/mol. The van der Waals surface area contributed by atoms with Crippen LogP contribution < -0.4 is 0 Å². The number of rotatable bonds is 1. The van der Waals surface area contributed by atoms with Crippen LogP contribution in [0, 0.1) is 11.3 Å². The first kappa shape index (κ1) is 9.70. The first-order chi connectivity index (χ1) is 6.77. The van der Waals surface area contributed by atoms with Crippen molar-refractivity contribution in [1.82, 2.24) is 0 Å². The molecule has 1 saturated heterocycles. The maximum Gasteiger partial charge on any atom is 0.179 e. The molecule has 0 aromatic heterocycles. The van der Waals surface area contributed by atoms with E-state index in [-0.39, 0.29) is 0 Å². The average molecular weight is 252 g/mol. The Morgan fingerprint density at radius 1 is 1.36 bits per heavy atom. The minimum atomic E-state index is -0.694. The van der Waals surface area contributed by atoms with E-state index in [1.54, 1.807) is 0 Å². The normalized spacial score (nSPS) is 26.0. The molecule has 0 saturated carbocycles. The van der Waals surface area contributed by atoms with Gasteiger partial charge in [0.15, 0.2) is 5.60 Å². The molecule has 1 heterocycles. The van der Waals surface area contributed by atoms with Crippen molar-refractivity contribution in [3.8, 4) is 6.07 Å². The highest BCUT2D eigenvalue weighted by Gasteiger charge is 2.36. The van der Waals surface area contributed by atoms with E-state index in [0.717, 1.165) is 22.9 Å². The molecule has 1 unspecified atom stereocenters. The van der Waals surface area contributed by atoms with Gasteiger partial charge >= 0.3 is 0 Å². The van der Waals surface area contributed by atoms with Crippen LogP contribution in [0.3, 0.4) is 0 Å². The molecular formula is C11H10BrNO. The lowest BCUT2D eigenvalue weighted by Crippen LogP contribution is -2.21. The topological polar surface area (TPSA) is 33.0 Å². The molecule has 1 atom stereocenters. The molecule has 2 nitrogen and oxygen atoms in total. The summed E-state index contributed by atoms with van der Waals surface area (Å²) in [5.41, 5.74) is 0.265. The molecule has 2 rings (SSSR count). The third-order valence-electron chi connectivity index (χ3n) is 2.51. The fourth-order valence-electron chi connectivity index (χ4n) is 1.74. The van der Waals surface area contributed by atoms with Gasteiger partial charge in [-0.15, -0.1) is 0 Å². The van der Waals surface area contributed by atoms with Crippen LogP contribution in [0.15, 0.2) is 28.7 Å². The van der Waals surface area contributed by atoms with Gasteiger partial charge in [0.2, 0.25) is 0 Å². The first-order valence-electron chi connectivity index (χ1n) is 4.58. The van der Waals surface area contributed by atoms with E-state index in [2.05, 4.69) is 22.0 Å². The summed E-state index contributed by atoms with van der Waals surface area (Å²) in [5, 5.41) is 9.15. The Balaban J connectivity index is 2.37. The van der Waals surface area contributed by atoms with Crippen LogP contribution >= 0.6 is 15.9 Å². The molecule has 1 aliphatic heterocycles. The zero-order valence-corrected chi connectivity index (χ0v) is 9.25. The molecule has 1 aliphatic rings. The monoisotopic (exact) mass is 251 g/mol. The first-order valence-corrected chi connectivity index (χ1v) is 5.37. The number of ether oxygens (including phenoxy) is 1. The van der Waals surface area contributed by atoms with Gasteiger partial charge in [-0.2, -0.15) is 5.26 Å². The van der Waals surface area contributed by atoms with Crippen LogP contribution in [-0.4, -0.2) is 6.61 Å². The largest absolute Gasteiger partial charge is 0.356 e. The Hall–Kier alpha value is -0.850. The minimum absolute atomic E-state index is 0.684. The number of benzene rings is 1. The standard InChI is InChI=1S/C11H10BrNO/c12-10-4-2-9(3-5-10)11(8-13)6-1-7-14-11/h2-5H,1,6-7H2. The lowest BCUT2D eigenvalue weighted by atomic mass is 9.92. The number of hydrogen-bond acceptors (Lipinski definition) is 2. The summed E-state index contributed by atoms with van der Waals surface area (Å²) in [4.78, 5) is 0. The van der Waals surface area contributed by atoms with Crippen LogP contribution in [-0.2, 0) is 10.3 Å². The Bertz CT molecular complexity index is 360. The molecule has 0 bridgehead atoms. The lowest BCUT2D eigenvalue weighted by Gasteiger charge is -2.20. The quantitative estimate of drug-likeness (QED) is 0.769. The van der Waals surface area contributed by atoms with E-state index in [0.29, 0.717) is 6.61 Å². The second kappa shape index (κ2) is 3.72. The van der Waals surface area contributed by atoms with E-state index in [9.17, 15) is 0 Å². The third kappa shape index (κ3) is 1.56. The SMILES string of the molecule is N#CC1(c2ccc(Br)cc2)CCCO1. The summed E-state index contributed by atoms with van der Waals surface area (Å²) >= 11 is 3.37. The molecule has 0 amide bonds. The fourth-order valence-corrected chi connectivity index (χ4v) is 2.00. The molecule has 1 aromatic carbocycles. The van der Waals surface area contributed by atoms with E-state index in [1.807, 2.05) is 24.3 Å². The van der Waals surface area contributed by atoms with Crippen LogP contribution in [0.5, 0.6) is 0 Å². The number of nitriles is 1. The van der Waals surface area contributed by atoms with Gasteiger partial charge < -0.3 is 4.74 Å². The van der Waals surface area contributed by atoms with Crippen molar-refractivity contribution < 1.29 is 4.74 Å². The van der Waals surface area contributed by atoms with E-state index >= 15 is 0 Å². The van der Waals surface area contributed by atoms with Crippen molar-refractivity contribution in [3.63, 3.8) is 0 Å². The predicted octanol–water partition coefficient (Wildman–Crippen LogP) is 2.98. The van der Waals surface area contributed by atoms with Crippen LogP contribution in [0.2, 0.25) is 0 Å². The van der Waals surface area contributed by atoms with Crippen molar-refractivity contribution >= 4 is 15.9 Å². The molecule has 0 aliphatic carbocycles. The van der Waals surface area contributed by atoms with Gasteiger partial charge in [-0.25, -0.2) is 0 Å². The van der Waals surface area contributed by atoms with Crippen LogP contribution in [0.25, 0.3) is 0 Å². The molecule has 3 heteroatoms. The summed E-state index contributed by atoms with van der Waals surface area (Å²) in [7, 11) is 0. The van der Waals surface area contributed by atoms with E-state index in [1.165, 1.54) is 0 Å². The van der Waals surface area contributed by atoms with Gasteiger partial charge in [-0.1, -0.05) is 28.1 Å². The number of nitrogens with zero attached hydrogens (tertiary/aromatic N) is 1. The second-order valence-electron chi connectivity index (χ2n) is 3.40. The fraction of sp³-hybridized carbons (Fsp3) is 0.364. The highest BCUT2D eigenvalue weighted by Crippen LogP contribution is 2.35. The molecule has 0 N–H and O–H groups in total. The molecule has 14 heavy (non-hydrogen) atoms. The van der Waals surface area contributed by atoms with E-state index < -0.39 is 5.60 Å². The van der Waals surface area contributed by atoms with Gasteiger partial charge in [-0.05, 0) is 30.5 Å². The maximum absolute atomic E-state index is 9.15. The average Bonchev–Trinajstić information content (AvgIpc) is 2.68. The second-order valence-corrected chi connectivity index (χ2v) is 4.31. The molecule has 72 valence electrons. The lowest BCUT2D eigenvalue weighted by molar-refractivity contribution is 0.0495. The van der Waals surface area contributed by atoms with Gasteiger partial charge in [0.1, 0.15) is 6.07 Å². The van der Waals surface area contributed by atoms with Gasteiger partial charge in [-0.3, -0.25) is 0 Å². The maximum atomic E-state index is 9.15. The summed E-state index contributed by atoms with van der Waals surface area (Å²) in [6, 6.07) is 10.0. The van der Waals surface area contributed by atoms with Crippen LogP contribution in [0.1, 0.15) is 18.4 Å². The molecule has 1 fully saturated rings. The Morgan fingerprint density at radius 3 is 2.57 bits per heavy atom. The number of halogens is 1. The highest BCUT2D eigenvalue weighted by atomic mass is 79.9. The summed E-state index contributed by atoms with van der Waals surface area (Å²) in [6.45, 7) is 0.684. The van der Waals surface area contributed by atoms with Gasteiger partial charge in [0.05, 0.1) is 0 Å². The zero-order valence-electron chi connectivity index (χ0n) is 7.66. The summed E-state index contributed by atoms with van der Waals surface area (Å²) in [5.74, 6) is 0. The molecule has 0 spiro atoms. The Morgan fingerprint density at radius 2 is 2.07 bits per heavy atom. The van der Waals surface area contributed by atoms with Gasteiger partial charge in [0, 0.05) is 11.1 Å². The molecule has 0 radical (unpaired) electrons. The predicted molar refractivity (Wildman–Crippen MR) is 56.6 cm³/mol. The summed E-state index contributed by atoms with van der Waals surface area (Å²) < 4.78 is 6.56. The minimum Gasteiger partial charge on any atom is -0.356 e. The smallest absolute Gasteiger partial charge is 0.179 e. The van der Waals surface area contributed by atoms with Crippen molar-refractivity contribution in [2.45, 2.75) is 18.4 Å². The van der Waals surface area contributed by atoms with E-state index in [4.69, 9.17) is 10.00 Å². The van der Waals surface area contributed by atoms with Crippen molar-refractivity contribution in [3.05, 3.63) is 34.3 Å². The zero-order chi connectivity index (χ0) is 10.0. The Labute approximate surface area is 91.6 Å². The van der Waals surface area contributed by atoms with Crippen molar-refractivity contribution in [2.24, 2.45) is 0 Å². The van der Waals surface area contributed by atoms with Gasteiger partial charge in [0.25, 0.3) is 0 Å². The summed E-state index contributed by atoms with van der Waals surface area (Å²) in [6.07, 6.45) is 1.76. The number of hydrogen-bond donors (Lipinski definition) is 0. The van der Waals surface area contributed by atoms with Crippen molar-refractivity contribution in [1.29, 1.82) is 5.26 Å². The van der Waals surface area contributed by atoms with Crippen LogP contribution in [0.4, 0.5) is 0 Å². The van der Waals surface area contributed by atoms with Crippen molar-refractivity contribution in [2.75, 3.05) is 6.61 Å². The highest BCUT2D eigenvalue weighted by molar-refractivity contribution is 9.10. The molecule has 1 aromatic rings.